The van der Waals surface area contributed by atoms with E-state index in [9.17, 15) is 14.4 Å². The van der Waals surface area contributed by atoms with Crippen LogP contribution in [0, 0.1) is 5.92 Å². The minimum Gasteiger partial charge on any atom is -0.482 e. The smallest absolute Gasteiger partial charge is 0.341 e. The molecular weight excluding hydrogens is 360 g/mol. The van der Waals surface area contributed by atoms with E-state index in [4.69, 9.17) is 9.84 Å². The van der Waals surface area contributed by atoms with Gasteiger partial charge in [-0.05, 0) is 36.2 Å². The molecule has 0 bridgehead atoms. The predicted molar refractivity (Wildman–Crippen MR) is 103 cm³/mol. The Hall–Kier alpha value is -3.35. The molecule has 1 heterocycles. The molecule has 1 fully saturated rings. The van der Waals surface area contributed by atoms with Gasteiger partial charge in [0.05, 0.1) is 5.92 Å². The van der Waals surface area contributed by atoms with Crippen molar-refractivity contribution in [2.45, 2.75) is 12.8 Å². The number of amides is 2. The second-order valence-electron chi connectivity index (χ2n) is 6.61. The Morgan fingerprint density at radius 1 is 1.11 bits per heavy atom. The minimum absolute atomic E-state index is 0.109. The van der Waals surface area contributed by atoms with Crippen LogP contribution in [0.2, 0.25) is 0 Å². The van der Waals surface area contributed by atoms with Crippen molar-refractivity contribution in [3.8, 4) is 5.75 Å². The van der Waals surface area contributed by atoms with E-state index in [1.807, 2.05) is 30.3 Å². The molecule has 146 valence electrons. The first kappa shape index (κ1) is 19.4. The van der Waals surface area contributed by atoms with Crippen LogP contribution in [0.15, 0.2) is 54.6 Å². The van der Waals surface area contributed by atoms with Crippen LogP contribution >= 0.6 is 0 Å². The molecule has 0 spiro atoms. The summed E-state index contributed by atoms with van der Waals surface area (Å²) in [6.45, 7) is 0.432. The Balaban J connectivity index is 1.51. The van der Waals surface area contributed by atoms with Crippen LogP contribution in [0.4, 0.5) is 5.69 Å². The molecule has 28 heavy (non-hydrogen) atoms. The fourth-order valence-corrected chi connectivity index (χ4v) is 3.12. The van der Waals surface area contributed by atoms with Gasteiger partial charge in [-0.15, -0.1) is 0 Å². The van der Waals surface area contributed by atoms with Gasteiger partial charge in [0.25, 0.3) is 0 Å². The van der Waals surface area contributed by atoms with E-state index in [2.05, 4.69) is 5.32 Å². The highest BCUT2D eigenvalue weighted by Crippen LogP contribution is 2.27. The summed E-state index contributed by atoms with van der Waals surface area (Å²) in [5.74, 6) is -1.25. The highest BCUT2D eigenvalue weighted by molar-refractivity contribution is 6.00. The van der Waals surface area contributed by atoms with Crippen molar-refractivity contribution in [2.24, 2.45) is 5.92 Å². The maximum atomic E-state index is 12.4. The highest BCUT2D eigenvalue weighted by Gasteiger charge is 2.34. The van der Waals surface area contributed by atoms with Gasteiger partial charge >= 0.3 is 5.97 Å². The molecule has 3 rings (SSSR count). The molecule has 0 aromatic heterocycles. The molecule has 2 aromatic rings. The van der Waals surface area contributed by atoms with E-state index in [1.54, 1.807) is 29.2 Å². The second kappa shape index (κ2) is 9.03. The van der Waals surface area contributed by atoms with Crippen LogP contribution in [0.1, 0.15) is 12.0 Å². The topological polar surface area (TPSA) is 95.9 Å². The van der Waals surface area contributed by atoms with Gasteiger partial charge < -0.3 is 20.1 Å². The van der Waals surface area contributed by atoms with Crippen molar-refractivity contribution in [1.82, 2.24) is 5.32 Å². The molecule has 1 aliphatic rings. The molecular formula is C21H22N2O5. The van der Waals surface area contributed by atoms with E-state index in [1.165, 1.54) is 0 Å². The summed E-state index contributed by atoms with van der Waals surface area (Å²) in [5.41, 5.74) is 1.81. The molecule has 0 saturated carbocycles. The lowest BCUT2D eigenvalue weighted by Crippen LogP contribution is -2.34. The summed E-state index contributed by atoms with van der Waals surface area (Å²) in [6.07, 6.45) is 0.920. The Labute approximate surface area is 162 Å². The Bertz CT molecular complexity index is 836. The summed E-state index contributed by atoms with van der Waals surface area (Å²) in [5, 5.41) is 11.5. The summed E-state index contributed by atoms with van der Waals surface area (Å²) in [6, 6.07) is 16.5. The van der Waals surface area contributed by atoms with E-state index in [0.29, 0.717) is 24.5 Å². The predicted octanol–water partition coefficient (Wildman–Crippen LogP) is 1.86. The minimum atomic E-state index is -1.06. The molecule has 7 nitrogen and oxygen atoms in total. The van der Waals surface area contributed by atoms with Crippen LogP contribution in [-0.2, 0) is 20.8 Å². The first-order chi connectivity index (χ1) is 13.5. The Morgan fingerprint density at radius 3 is 2.50 bits per heavy atom. The number of benzene rings is 2. The largest absolute Gasteiger partial charge is 0.482 e. The number of aliphatic carboxylic acids is 1. The normalized spacial score (nSPS) is 16.1. The van der Waals surface area contributed by atoms with Crippen LogP contribution in [0.3, 0.4) is 0 Å². The van der Waals surface area contributed by atoms with Gasteiger partial charge in [-0.2, -0.15) is 0 Å². The van der Waals surface area contributed by atoms with E-state index in [-0.39, 0.29) is 24.2 Å². The van der Waals surface area contributed by atoms with E-state index < -0.39 is 12.6 Å². The summed E-state index contributed by atoms with van der Waals surface area (Å²) in [4.78, 5) is 36.8. The highest BCUT2D eigenvalue weighted by atomic mass is 16.5. The van der Waals surface area contributed by atoms with Crippen molar-refractivity contribution in [2.75, 3.05) is 24.6 Å². The van der Waals surface area contributed by atoms with E-state index >= 15 is 0 Å². The lowest BCUT2D eigenvalue weighted by molar-refractivity contribution is -0.139. The number of ether oxygens (including phenoxy) is 1. The fraction of sp³-hybridized carbons (Fsp3) is 0.286. The number of carboxylic acid groups (broad SMARTS) is 1. The van der Waals surface area contributed by atoms with Crippen molar-refractivity contribution in [3.63, 3.8) is 0 Å². The molecule has 0 aliphatic carbocycles. The lowest BCUT2D eigenvalue weighted by Gasteiger charge is -2.17. The summed E-state index contributed by atoms with van der Waals surface area (Å²) in [7, 11) is 0. The summed E-state index contributed by atoms with van der Waals surface area (Å²) >= 11 is 0. The number of anilines is 1. The first-order valence-corrected chi connectivity index (χ1v) is 9.09. The van der Waals surface area contributed by atoms with Crippen LogP contribution in [0.25, 0.3) is 0 Å². The van der Waals surface area contributed by atoms with Crippen LogP contribution in [0.5, 0.6) is 5.75 Å². The lowest BCUT2D eigenvalue weighted by atomic mass is 10.1. The zero-order valence-corrected chi connectivity index (χ0v) is 15.3. The molecule has 7 heteroatoms. The monoisotopic (exact) mass is 382 g/mol. The zero-order chi connectivity index (χ0) is 19.9. The Kier molecular flexibility index (Phi) is 6.26. The number of hydrogen-bond donors (Lipinski definition) is 2. The van der Waals surface area contributed by atoms with Gasteiger partial charge in [0.15, 0.2) is 6.61 Å². The first-order valence-electron chi connectivity index (χ1n) is 9.09. The number of nitrogens with one attached hydrogen (secondary N) is 1. The molecule has 1 unspecified atom stereocenters. The van der Waals surface area contributed by atoms with Crippen molar-refractivity contribution >= 4 is 23.5 Å². The number of carbonyl (C=O) groups excluding carboxylic acids is 2. The third-order valence-corrected chi connectivity index (χ3v) is 4.56. The Morgan fingerprint density at radius 2 is 1.82 bits per heavy atom. The average molecular weight is 382 g/mol. The third kappa shape index (κ3) is 5.09. The second-order valence-corrected chi connectivity index (χ2v) is 6.61. The average Bonchev–Trinajstić information content (AvgIpc) is 3.09. The molecule has 1 saturated heterocycles. The quantitative estimate of drug-likeness (QED) is 0.727. The van der Waals surface area contributed by atoms with E-state index in [0.717, 1.165) is 12.0 Å². The maximum Gasteiger partial charge on any atom is 0.341 e. The SMILES string of the molecule is O=C(O)COc1ccc(N2CC(C(=O)NCCc3ccccc3)CC2=O)cc1. The van der Waals surface area contributed by atoms with Crippen LogP contribution < -0.4 is 15.0 Å². The van der Waals surface area contributed by atoms with Gasteiger partial charge in [0, 0.05) is 25.2 Å². The maximum absolute atomic E-state index is 12.4. The van der Waals surface area contributed by atoms with Crippen LogP contribution in [-0.4, -0.2) is 42.6 Å². The fourth-order valence-electron chi connectivity index (χ4n) is 3.12. The molecule has 1 aliphatic heterocycles. The summed E-state index contributed by atoms with van der Waals surface area (Å²) < 4.78 is 5.08. The number of rotatable bonds is 8. The molecule has 2 amide bonds. The molecule has 1 atom stereocenters. The molecule has 2 aromatic carbocycles. The zero-order valence-electron chi connectivity index (χ0n) is 15.3. The van der Waals surface area contributed by atoms with Gasteiger partial charge in [-0.3, -0.25) is 9.59 Å². The number of carbonyl (C=O) groups is 3. The number of hydrogen-bond acceptors (Lipinski definition) is 4. The van der Waals surface area contributed by atoms with Crippen molar-refractivity contribution in [3.05, 3.63) is 60.2 Å². The van der Waals surface area contributed by atoms with Gasteiger partial charge in [-0.1, -0.05) is 30.3 Å². The number of nitrogens with zero attached hydrogens (tertiary/aromatic N) is 1. The third-order valence-electron chi connectivity index (χ3n) is 4.56. The van der Waals surface area contributed by atoms with Gasteiger partial charge in [0.1, 0.15) is 5.75 Å². The van der Waals surface area contributed by atoms with Gasteiger partial charge in [0.2, 0.25) is 11.8 Å². The molecule has 2 N–H and O–H groups in total. The van der Waals surface area contributed by atoms with Gasteiger partial charge in [-0.25, -0.2) is 4.79 Å². The van der Waals surface area contributed by atoms with Crippen molar-refractivity contribution in [1.29, 1.82) is 0 Å². The molecule has 0 radical (unpaired) electrons. The van der Waals surface area contributed by atoms with Crippen molar-refractivity contribution < 1.29 is 24.2 Å². The standard InChI is InChI=1S/C21H22N2O5/c24-19-12-16(21(27)22-11-10-15-4-2-1-3-5-15)13-23(19)17-6-8-18(9-7-17)28-14-20(25)26/h1-9,16H,10-14H2,(H,22,27)(H,25,26). The number of carboxylic acids is 1.